The molecular formula is C30H30F4O. The van der Waals surface area contributed by atoms with E-state index >= 15 is 0 Å². The summed E-state index contributed by atoms with van der Waals surface area (Å²) in [6.45, 7) is 12.5. The van der Waals surface area contributed by atoms with E-state index in [9.17, 15) is 17.6 Å². The summed E-state index contributed by atoms with van der Waals surface area (Å²) in [6, 6.07) is 10.4. The molecule has 0 saturated heterocycles. The molecule has 0 spiro atoms. The first kappa shape index (κ1) is 26.3. The molecule has 1 fully saturated rings. The third kappa shape index (κ3) is 6.21. The Labute approximate surface area is 204 Å². The highest BCUT2D eigenvalue weighted by Gasteiger charge is 2.26. The Morgan fingerprint density at radius 3 is 2.20 bits per heavy atom. The highest BCUT2D eigenvalue weighted by atomic mass is 19.2. The predicted molar refractivity (Wildman–Crippen MR) is 135 cm³/mol. The molecule has 35 heavy (non-hydrogen) atoms. The molecule has 2 aromatic rings. The zero-order valence-corrected chi connectivity index (χ0v) is 19.9. The maximum atomic E-state index is 15.0. The van der Waals surface area contributed by atoms with Gasteiger partial charge < -0.3 is 4.74 Å². The first-order valence-corrected chi connectivity index (χ1v) is 11.7. The van der Waals surface area contributed by atoms with Crippen molar-refractivity contribution < 1.29 is 22.3 Å². The van der Waals surface area contributed by atoms with E-state index < -0.39 is 23.3 Å². The number of benzene rings is 2. The molecule has 0 bridgehead atoms. The van der Waals surface area contributed by atoms with Crippen molar-refractivity contribution in [3.63, 3.8) is 0 Å². The zero-order valence-electron chi connectivity index (χ0n) is 19.9. The lowest BCUT2D eigenvalue weighted by atomic mass is 9.78. The molecule has 0 heterocycles. The van der Waals surface area contributed by atoms with Crippen LogP contribution in [0.1, 0.15) is 49.7 Å². The van der Waals surface area contributed by atoms with E-state index in [0.29, 0.717) is 24.0 Å². The molecule has 0 atom stereocenters. The molecule has 184 valence electrons. The Balaban J connectivity index is 1.65. The van der Waals surface area contributed by atoms with Crippen LogP contribution in [-0.4, -0.2) is 6.61 Å². The summed E-state index contributed by atoms with van der Waals surface area (Å²) in [5, 5.41) is 0. The van der Waals surface area contributed by atoms with Gasteiger partial charge in [-0.3, -0.25) is 0 Å². The van der Waals surface area contributed by atoms with Crippen LogP contribution in [0.4, 0.5) is 17.6 Å². The van der Waals surface area contributed by atoms with Gasteiger partial charge in [0, 0.05) is 11.1 Å². The third-order valence-corrected chi connectivity index (χ3v) is 6.39. The summed E-state index contributed by atoms with van der Waals surface area (Å²) in [4.78, 5) is 0. The second-order valence-corrected chi connectivity index (χ2v) is 8.64. The van der Waals surface area contributed by atoms with Crippen LogP contribution < -0.4 is 0 Å². The average molecular weight is 483 g/mol. The molecule has 0 radical (unpaired) electrons. The molecule has 1 aliphatic carbocycles. The number of hydrogen-bond donors (Lipinski definition) is 0. The minimum atomic E-state index is -1.16. The maximum Gasteiger partial charge on any atom is 0.200 e. The molecule has 3 rings (SSSR count). The fraction of sp³-hybridized carbons (Fsp3) is 0.267. The Bertz CT molecular complexity index is 1150. The quantitative estimate of drug-likeness (QED) is 0.197. The molecular weight excluding hydrogens is 452 g/mol. The van der Waals surface area contributed by atoms with Crippen LogP contribution in [0.15, 0.2) is 91.3 Å². The van der Waals surface area contributed by atoms with E-state index in [0.717, 1.165) is 18.4 Å². The number of hydrogen-bond acceptors (Lipinski definition) is 1. The number of halogens is 4. The Kier molecular flexibility index (Phi) is 8.91. The van der Waals surface area contributed by atoms with E-state index in [1.807, 2.05) is 12.1 Å². The molecule has 0 aromatic heterocycles. The summed E-state index contributed by atoms with van der Waals surface area (Å²) in [5.74, 6) is -4.27. The van der Waals surface area contributed by atoms with Gasteiger partial charge in [0.1, 0.15) is 0 Å². The van der Waals surface area contributed by atoms with Gasteiger partial charge in [-0.1, -0.05) is 74.4 Å². The summed E-state index contributed by atoms with van der Waals surface area (Å²) in [6.07, 6.45) is 7.71. The largest absolute Gasteiger partial charge is 0.491 e. The van der Waals surface area contributed by atoms with Gasteiger partial charge in [0.2, 0.25) is 5.83 Å². The van der Waals surface area contributed by atoms with Crippen molar-refractivity contribution in [3.8, 4) is 11.1 Å². The van der Waals surface area contributed by atoms with E-state index in [2.05, 4.69) is 19.7 Å². The van der Waals surface area contributed by atoms with E-state index in [-0.39, 0.29) is 35.3 Å². The van der Waals surface area contributed by atoms with E-state index in [1.165, 1.54) is 6.08 Å². The lowest BCUT2D eigenvalue weighted by molar-refractivity contribution is 0.224. The molecule has 5 heteroatoms. The van der Waals surface area contributed by atoms with Crippen LogP contribution in [0.5, 0.6) is 0 Å². The molecule has 1 nitrogen and oxygen atoms in total. The molecule has 1 aliphatic rings. The lowest BCUT2D eigenvalue weighted by Crippen LogP contribution is -2.13. The van der Waals surface area contributed by atoms with E-state index in [4.69, 9.17) is 4.74 Å². The average Bonchev–Trinajstić information content (AvgIpc) is 2.88. The van der Waals surface area contributed by atoms with Gasteiger partial charge >= 0.3 is 0 Å². The van der Waals surface area contributed by atoms with Gasteiger partial charge in [-0.05, 0) is 61.1 Å². The fourth-order valence-electron chi connectivity index (χ4n) is 4.35. The summed E-state index contributed by atoms with van der Waals surface area (Å²) >= 11 is 0. The SMILES string of the molecule is C=Cc1ccc(-c2ccc(C3CCC(/C=C/C(=C)/C(F)=C(/F)C(=C)OCC)CC3)c(F)c2F)cc1. The van der Waals surface area contributed by atoms with Crippen molar-refractivity contribution in [2.45, 2.75) is 38.5 Å². The number of rotatable bonds is 9. The highest BCUT2D eigenvalue weighted by molar-refractivity contribution is 5.66. The smallest absolute Gasteiger partial charge is 0.200 e. The Hall–Kier alpha value is -3.34. The van der Waals surface area contributed by atoms with Gasteiger partial charge in [0.25, 0.3) is 0 Å². The van der Waals surface area contributed by atoms with Gasteiger partial charge in [-0.2, -0.15) is 4.39 Å². The van der Waals surface area contributed by atoms with Gasteiger partial charge in [0.05, 0.1) is 6.61 Å². The van der Waals surface area contributed by atoms with Gasteiger partial charge in [-0.15, -0.1) is 0 Å². The van der Waals surface area contributed by atoms with Crippen molar-refractivity contribution in [3.05, 3.63) is 114 Å². The minimum Gasteiger partial charge on any atom is -0.491 e. The monoisotopic (exact) mass is 482 g/mol. The van der Waals surface area contributed by atoms with E-state index in [1.54, 1.807) is 43.3 Å². The molecule has 0 amide bonds. The summed E-state index contributed by atoms with van der Waals surface area (Å²) < 4.78 is 63.0. The van der Waals surface area contributed by atoms with Gasteiger partial charge in [-0.25, -0.2) is 13.2 Å². The van der Waals surface area contributed by atoms with Crippen molar-refractivity contribution >= 4 is 6.08 Å². The van der Waals surface area contributed by atoms with Crippen molar-refractivity contribution in [1.29, 1.82) is 0 Å². The van der Waals surface area contributed by atoms with Crippen LogP contribution in [-0.2, 0) is 4.74 Å². The summed E-state index contributed by atoms with van der Waals surface area (Å²) in [7, 11) is 0. The van der Waals surface area contributed by atoms with Crippen molar-refractivity contribution in [2.75, 3.05) is 6.61 Å². The van der Waals surface area contributed by atoms with Crippen LogP contribution >= 0.6 is 0 Å². The molecule has 2 aromatic carbocycles. The second-order valence-electron chi connectivity index (χ2n) is 8.64. The standard InChI is InChI=1S/C30H30F4O/c1-5-21-9-13-23(14-10-21)25-17-18-26(30(34)29(25)33)24-15-11-22(12-16-24)8-7-19(3)27(31)28(32)20(4)35-6-2/h5,7-10,13-14,17-18,22,24H,1,3-4,6,11-12,15-16H2,2H3/b8-7+,28-27-. The highest BCUT2D eigenvalue weighted by Crippen LogP contribution is 2.39. The van der Waals surface area contributed by atoms with Crippen LogP contribution in [0.3, 0.4) is 0 Å². The van der Waals surface area contributed by atoms with Crippen LogP contribution in [0.2, 0.25) is 0 Å². The molecule has 1 saturated carbocycles. The third-order valence-electron chi connectivity index (χ3n) is 6.39. The predicted octanol–water partition coefficient (Wildman–Crippen LogP) is 9.36. The minimum absolute atomic E-state index is 0.0989. The number of ether oxygens (including phenoxy) is 1. The Morgan fingerprint density at radius 2 is 1.60 bits per heavy atom. The molecule has 0 aliphatic heterocycles. The lowest BCUT2D eigenvalue weighted by Gasteiger charge is -2.27. The van der Waals surface area contributed by atoms with Crippen LogP contribution in [0, 0.1) is 17.6 Å². The fourth-order valence-corrected chi connectivity index (χ4v) is 4.35. The molecule has 0 N–H and O–H groups in total. The van der Waals surface area contributed by atoms with Crippen LogP contribution in [0.25, 0.3) is 17.2 Å². The summed E-state index contributed by atoms with van der Waals surface area (Å²) in [5.41, 5.74) is 2.02. The van der Waals surface area contributed by atoms with Crippen molar-refractivity contribution in [2.24, 2.45) is 5.92 Å². The second kappa shape index (κ2) is 11.9. The first-order chi connectivity index (χ1) is 16.8. The first-order valence-electron chi connectivity index (χ1n) is 11.7. The van der Waals surface area contributed by atoms with Crippen molar-refractivity contribution in [1.82, 2.24) is 0 Å². The maximum absolute atomic E-state index is 15.0. The van der Waals surface area contributed by atoms with Gasteiger partial charge in [0.15, 0.2) is 23.2 Å². The Morgan fingerprint density at radius 1 is 0.943 bits per heavy atom. The number of allylic oxidation sites excluding steroid dienone is 5. The topological polar surface area (TPSA) is 9.23 Å². The zero-order chi connectivity index (χ0) is 25.5. The molecule has 0 unspecified atom stereocenters. The normalized spacial score (nSPS) is 18.8.